The highest BCUT2D eigenvalue weighted by atomic mass is 19.2. The predicted molar refractivity (Wildman–Crippen MR) is 57.7 cm³/mol. The maximum atomic E-state index is 13.9. The van der Waals surface area contributed by atoms with Gasteiger partial charge in [-0.3, -0.25) is 0 Å². The summed E-state index contributed by atoms with van der Waals surface area (Å²) in [6.07, 6.45) is 1.66. The second-order valence-corrected chi connectivity index (χ2v) is 4.15. The lowest BCUT2D eigenvalue weighted by molar-refractivity contribution is 0.339. The Labute approximate surface area is 97.8 Å². The van der Waals surface area contributed by atoms with E-state index >= 15 is 0 Å². The summed E-state index contributed by atoms with van der Waals surface area (Å²) in [6.45, 7) is 1.45. The Hall–Kier alpha value is -1.23. The molecule has 1 N–H and O–H groups in total. The first-order valence-corrected chi connectivity index (χ1v) is 5.57. The number of rotatable bonds is 2. The van der Waals surface area contributed by atoms with Crippen LogP contribution >= 0.6 is 0 Å². The van der Waals surface area contributed by atoms with Crippen LogP contribution in [0.3, 0.4) is 0 Å². The van der Waals surface area contributed by atoms with E-state index in [9.17, 15) is 13.2 Å². The molecular formula is C12H14F3NO. The number of benzene rings is 1. The predicted octanol–water partition coefficient (Wildman–Crippen LogP) is 2.58. The summed E-state index contributed by atoms with van der Waals surface area (Å²) in [4.78, 5) is 0. The average molecular weight is 245 g/mol. The Morgan fingerprint density at radius 1 is 1.29 bits per heavy atom. The molecule has 0 aromatic heterocycles. The van der Waals surface area contributed by atoms with Crippen LogP contribution in [-0.2, 0) is 0 Å². The zero-order chi connectivity index (χ0) is 12.4. The number of methoxy groups -OCH3 is 1. The van der Waals surface area contributed by atoms with Crippen molar-refractivity contribution >= 4 is 0 Å². The van der Waals surface area contributed by atoms with E-state index in [1.54, 1.807) is 0 Å². The van der Waals surface area contributed by atoms with Crippen molar-refractivity contribution in [3.05, 3.63) is 29.1 Å². The summed E-state index contributed by atoms with van der Waals surface area (Å²) in [7, 11) is 1.13. The van der Waals surface area contributed by atoms with Crippen LogP contribution in [0.2, 0.25) is 0 Å². The Morgan fingerprint density at radius 2 is 2.06 bits per heavy atom. The third-order valence-corrected chi connectivity index (χ3v) is 3.08. The smallest absolute Gasteiger partial charge is 0.203 e. The van der Waals surface area contributed by atoms with E-state index in [0.29, 0.717) is 6.54 Å². The van der Waals surface area contributed by atoms with Gasteiger partial charge in [-0.15, -0.1) is 0 Å². The fourth-order valence-corrected chi connectivity index (χ4v) is 2.19. The zero-order valence-corrected chi connectivity index (χ0v) is 9.53. The summed E-state index contributed by atoms with van der Waals surface area (Å²) in [5.74, 6) is -3.89. The molecule has 1 saturated heterocycles. The van der Waals surface area contributed by atoms with Crippen molar-refractivity contribution in [1.82, 2.24) is 5.32 Å². The molecule has 0 spiro atoms. The van der Waals surface area contributed by atoms with Crippen molar-refractivity contribution < 1.29 is 17.9 Å². The van der Waals surface area contributed by atoms with Gasteiger partial charge in [0.05, 0.1) is 7.11 Å². The van der Waals surface area contributed by atoms with Gasteiger partial charge in [-0.1, -0.05) is 0 Å². The minimum Gasteiger partial charge on any atom is -0.491 e. The third kappa shape index (κ3) is 2.24. The standard InChI is InChI=1S/C12H14F3NO/c1-17-12-10(14)8(5-9(13)11(12)15)7-3-2-4-16-6-7/h5,7,16H,2-4,6H2,1H3. The van der Waals surface area contributed by atoms with Crippen LogP contribution in [0, 0.1) is 17.5 Å². The molecule has 2 rings (SSSR count). The van der Waals surface area contributed by atoms with Crippen LogP contribution in [0.1, 0.15) is 24.3 Å². The molecule has 1 atom stereocenters. The van der Waals surface area contributed by atoms with Crippen LogP contribution < -0.4 is 10.1 Å². The molecule has 0 saturated carbocycles. The van der Waals surface area contributed by atoms with Crippen molar-refractivity contribution in [3.63, 3.8) is 0 Å². The highest BCUT2D eigenvalue weighted by molar-refractivity contribution is 5.36. The van der Waals surface area contributed by atoms with Gasteiger partial charge in [-0.25, -0.2) is 8.78 Å². The lowest BCUT2D eigenvalue weighted by Gasteiger charge is -2.24. The maximum Gasteiger partial charge on any atom is 0.203 e. The van der Waals surface area contributed by atoms with E-state index < -0.39 is 23.2 Å². The van der Waals surface area contributed by atoms with Crippen LogP contribution in [-0.4, -0.2) is 20.2 Å². The van der Waals surface area contributed by atoms with Crippen LogP contribution in [0.5, 0.6) is 5.75 Å². The van der Waals surface area contributed by atoms with Crippen molar-refractivity contribution in [2.45, 2.75) is 18.8 Å². The van der Waals surface area contributed by atoms with E-state index in [-0.39, 0.29) is 11.5 Å². The number of hydrogen-bond acceptors (Lipinski definition) is 2. The normalized spacial score (nSPS) is 20.4. The van der Waals surface area contributed by atoms with E-state index in [1.165, 1.54) is 0 Å². The van der Waals surface area contributed by atoms with Gasteiger partial charge in [0.2, 0.25) is 5.82 Å². The molecule has 94 valence electrons. The Morgan fingerprint density at radius 3 is 2.65 bits per heavy atom. The van der Waals surface area contributed by atoms with Gasteiger partial charge in [0.1, 0.15) is 0 Å². The fourth-order valence-electron chi connectivity index (χ4n) is 2.19. The first-order chi connectivity index (χ1) is 8.15. The van der Waals surface area contributed by atoms with Crippen LogP contribution in [0.15, 0.2) is 6.07 Å². The summed E-state index contributed by atoms with van der Waals surface area (Å²) < 4.78 is 45.1. The number of ether oxygens (including phenoxy) is 1. The molecule has 1 aromatic carbocycles. The maximum absolute atomic E-state index is 13.9. The minimum atomic E-state index is -1.27. The van der Waals surface area contributed by atoms with E-state index in [0.717, 1.165) is 32.6 Å². The molecule has 1 aliphatic heterocycles. The minimum absolute atomic E-state index is 0.132. The molecule has 0 aliphatic carbocycles. The second-order valence-electron chi connectivity index (χ2n) is 4.15. The van der Waals surface area contributed by atoms with E-state index in [2.05, 4.69) is 10.1 Å². The van der Waals surface area contributed by atoms with Crippen molar-refractivity contribution in [1.29, 1.82) is 0 Å². The largest absolute Gasteiger partial charge is 0.491 e. The lowest BCUT2D eigenvalue weighted by Crippen LogP contribution is -2.29. The van der Waals surface area contributed by atoms with Crippen molar-refractivity contribution in [2.75, 3.05) is 20.2 Å². The summed E-state index contributed by atoms with van der Waals surface area (Å²) in [5.41, 5.74) is 0.188. The van der Waals surface area contributed by atoms with Gasteiger partial charge in [0.25, 0.3) is 0 Å². The molecule has 1 fully saturated rings. The molecule has 1 aliphatic rings. The number of nitrogens with one attached hydrogen (secondary N) is 1. The van der Waals surface area contributed by atoms with Gasteiger partial charge < -0.3 is 10.1 Å². The first-order valence-electron chi connectivity index (χ1n) is 5.57. The van der Waals surface area contributed by atoms with Crippen molar-refractivity contribution in [2.24, 2.45) is 0 Å². The summed E-state index contributed by atoms with van der Waals surface area (Å²) in [5, 5.41) is 3.11. The first kappa shape index (κ1) is 12.2. The van der Waals surface area contributed by atoms with Crippen LogP contribution in [0.25, 0.3) is 0 Å². The number of halogens is 3. The number of piperidine rings is 1. The third-order valence-electron chi connectivity index (χ3n) is 3.08. The Balaban J connectivity index is 2.42. The molecule has 1 aromatic rings. The van der Waals surface area contributed by atoms with Gasteiger partial charge in [0, 0.05) is 6.54 Å². The van der Waals surface area contributed by atoms with Gasteiger partial charge in [-0.2, -0.15) is 4.39 Å². The van der Waals surface area contributed by atoms with Gasteiger partial charge in [0.15, 0.2) is 17.4 Å². The molecule has 17 heavy (non-hydrogen) atoms. The SMILES string of the molecule is COc1c(F)c(F)cc(C2CCCNC2)c1F. The van der Waals surface area contributed by atoms with Crippen molar-refractivity contribution in [3.8, 4) is 5.75 Å². The zero-order valence-electron chi connectivity index (χ0n) is 9.53. The molecule has 0 radical (unpaired) electrons. The highest BCUT2D eigenvalue weighted by Gasteiger charge is 2.25. The highest BCUT2D eigenvalue weighted by Crippen LogP contribution is 2.33. The molecular weight excluding hydrogens is 231 g/mol. The lowest BCUT2D eigenvalue weighted by atomic mass is 9.91. The number of hydrogen-bond donors (Lipinski definition) is 1. The molecule has 5 heteroatoms. The Kier molecular flexibility index (Phi) is 3.57. The van der Waals surface area contributed by atoms with Gasteiger partial charge >= 0.3 is 0 Å². The topological polar surface area (TPSA) is 21.3 Å². The van der Waals surface area contributed by atoms with Gasteiger partial charge in [-0.05, 0) is 36.9 Å². The quantitative estimate of drug-likeness (QED) is 0.808. The summed E-state index contributed by atoms with van der Waals surface area (Å²) in [6, 6.07) is 0.935. The molecule has 1 unspecified atom stereocenters. The van der Waals surface area contributed by atoms with E-state index in [1.807, 2.05) is 0 Å². The fraction of sp³-hybridized carbons (Fsp3) is 0.500. The average Bonchev–Trinajstić information content (AvgIpc) is 2.36. The Bertz CT molecular complexity index is 417. The van der Waals surface area contributed by atoms with E-state index in [4.69, 9.17) is 0 Å². The second kappa shape index (κ2) is 4.96. The summed E-state index contributed by atoms with van der Waals surface area (Å²) >= 11 is 0. The van der Waals surface area contributed by atoms with Crippen LogP contribution in [0.4, 0.5) is 13.2 Å². The monoisotopic (exact) mass is 245 g/mol. The molecule has 2 nitrogen and oxygen atoms in total. The molecule has 0 bridgehead atoms. The molecule has 0 amide bonds. The molecule has 1 heterocycles.